The summed E-state index contributed by atoms with van der Waals surface area (Å²) < 4.78 is 55.6. The molecule has 3 aliphatic heterocycles. The van der Waals surface area contributed by atoms with Gasteiger partial charge in [0.05, 0.1) is 19.3 Å². The number of pyridine rings is 1. The number of para-hydroxylation sites is 1. The number of carbonyl (C=O) groups excluding carboxylic acids is 2. The van der Waals surface area contributed by atoms with Crippen molar-refractivity contribution in [2.24, 2.45) is 11.8 Å². The normalized spacial score (nSPS) is 19.8. The number of halogens is 4. The lowest BCUT2D eigenvalue weighted by atomic mass is 9.86. The zero-order chi connectivity index (χ0) is 40.1. The van der Waals surface area contributed by atoms with Crippen LogP contribution in [0.2, 0.25) is 10.0 Å². The number of rotatable bonds is 17. The lowest BCUT2D eigenvalue weighted by Gasteiger charge is -2.44. The quantitative estimate of drug-likeness (QED) is 0.0646. The SMILES string of the molecule is COc1ccccc1C(NCc1cccc(C(=O)OC(Cc2c(Cl)c[n+]([O-])cc2Cl)c2ccc(OC(F)F)c(OCC3CC3)c2)c1)C(=O)O[C@H]1CN2CCC1CC2. The predicted molar refractivity (Wildman–Crippen MR) is 207 cm³/mol. The number of hydrogen-bond acceptors (Lipinski definition) is 10. The molecule has 1 aromatic heterocycles. The molecular formula is C42H43Cl2F2N3O8. The van der Waals surface area contributed by atoms with Gasteiger partial charge >= 0.3 is 18.6 Å². The molecule has 4 fully saturated rings. The lowest BCUT2D eigenvalue weighted by Crippen LogP contribution is -2.52. The van der Waals surface area contributed by atoms with E-state index in [1.807, 2.05) is 24.3 Å². The zero-order valence-electron chi connectivity index (χ0n) is 31.2. The standard InChI is InChI=1S/C42H43Cl2F2N3O8/c1-53-34-8-3-2-7-30(34)39(41(51)56-38-23-48-15-13-27(38)14-16-48)47-20-26-5-4-6-29(17-26)40(50)55-36(19-31-32(43)21-49(52)22-33(31)44)28-11-12-35(57-42(45)46)37(18-28)54-24-25-9-10-25/h2-8,11-12,17-18,21-22,25,27,36,38-39,42,47H,9-10,13-16,19-20,23-24H2,1H3/t36?,38-,39?/m0/s1. The summed E-state index contributed by atoms with van der Waals surface area (Å²) in [5.41, 5.74) is 2.22. The Hall–Kier alpha value is -4.69. The summed E-state index contributed by atoms with van der Waals surface area (Å²) in [5.74, 6) is -0.0579. The molecule has 2 bridgehead atoms. The van der Waals surface area contributed by atoms with Crippen molar-refractivity contribution in [2.75, 3.05) is 33.4 Å². The van der Waals surface area contributed by atoms with Crippen molar-refractivity contribution in [2.45, 2.75) is 63.5 Å². The molecule has 302 valence electrons. The Bertz CT molecular complexity index is 2040. The van der Waals surface area contributed by atoms with Crippen LogP contribution in [-0.2, 0) is 27.2 Å². The molecule has 1 saturated carbocycles. The lowest BCUT2D eigenvalue weighted by molar-refractivity contribution is -0.605. The summed E-state index contributed by atoms with van der Waals surface area (Å²) in [6.45, 7) is 0.143. The van der Waals surface area contributed by atoms with Crippen LogP contribution in [0, 0.1) is 17.0 Å². The average molecular weight is 827 g/mol. The summed E-state index contributed by atoms with van der Waals surface area (Å²) in [7, 11) is 1.55. The third-order valence-electron chi connectivity index (χ3n) is 10.6. The third-order valence-corrected chi connectivity index (χ3v) is 11.3. The highest BCUT2D eigenvalue weighted by molar-refractivity contribution is 6.35. The first-order valence-corrected chi connectivity index (χ1v) is 19.7. The first-order chi connectivity index (χ1) is 27.5. The van der Waals surface area contributed by atoms with Crippen molar-refractivity contribution < 1.29 is 46.8 Å². The van der Waals surface area contributed by atoms with E-state index >= 15 is 0 Å². The number of aromatic nitrogens is 1. The van der Waals surface area contributed by atoms with E-state index in [2.05, 4.69) is 10.2 Å². The molecule has 0 radical (unpaired) electrons. The fourth-order valence-electron chi connectivity index (χ4n) is 7.37. The highest BCUT2D eigenvalue weighted by Gasteiger charge is 2.38. The van der Waals surface area contributed by atoms with Crippen LogP contribution in [0.4, 0.5) is 8.78 Å². The van der Waals surface area contributed by atoms with Crippen molar-refractivity contribution in [1.82, 2.24) is 10.2 Å². The predicted octanol–water partition coefficient (Wildman–Crippen LogP) is 7.63. The first kappa shape index (κ1) is 40.5. The Labute approximate surface area is 339 Å². The number of nitrogens with zero attached hydrogens (tertiary/aromatic N) is 2. The molecule has 4 aliphatic rings. The minimum Gasteiger partial charge on any atom is -0.619 e. The molecule has 4 heterocycles. The molecule has 1 aliphatic carbocycles. The highest BCUT2D eigenvalue weighted by atomic mass is 35.5. The fourth-order valence-corrected chi connectivity index (χ4v) is 7.97. The molecule has 3 saturated heterocycles. The molecule has 4 aromatic rings. The second-order valence-electron chi connectivity index (χ2n) is 14.6. The minimum atomic E-state index is -3.09. The molecule has 0 amide bonds. The van der Waals surface area contributed by atoms with Gasteiger partial charge in [-0.3, -0.25) is 10.2 Å². The molecule has 57 heavy (non-hydrogen) atoms. The fraction of sp³-hybridized carbons (Fsp3) is 0.405. The van der Waals surface area contributed by atoms with Crippen molar-refractivity contribution in [3.8, 4) is 17.2 Å². The zero-order valence-corrected chi connectivity index (χ0v) is 32.7. The van der Waals surface area contributed by atoms with E-state index in [4.69, 9.17) is 46.9 Å². The number of hydrogen-bond donors (Lipinski definition) is 1. The van der Waals surface area contributed by atoms with E-state index in [0.717, 1.165) is 51.2 Å². The summed E-state index contributed by atoms with van der Waals surface area (Å²) in [5, 5.41) is 15.4. The van der Waals surface area contributed by atoms with E-state index in [0.29, 0.717) is 57.7 Å². The molecular weight excluding hydrogens is 783 g/mol. The molecule has 3 atom stereocenters. The Morgan fingerprint density at radius 1 is 0.947 bits per heavy atom. The molecule has 3 aromatic carbocycles. The van der Waals surface area contributed by atoms with E-state index in [1.165, 1.54) is 18.2 Å². The topological polar surface area (TPSA) is 122 Å². The molecule has 15 heteroatoms. The Morgan fingerprint density at radius 3 is 2.39 bits per heavy atom. The van der Waals surface area contributed by atoms with Gasteiger partial charge in [-0.1, -0.05) is 59.6 Å². The van der Waals surface area contributed by atoms with Crippen LogP contribution in [0.1, 0.15) is 70.4 Å². The molecule has 0 spiro atoms. The Kier molecular flexibility index (Phi) is 13.0. The second kappa shape index (κ2) is 18.3. The second-order valence-corrected chi connectivity index (χ2v) is 15.4. The van der Waals surface area contributed by atoms with Crippen LogP contribution in [0.25, 0.3) is 0 Å². The van der Waals surface area contributed by atoms with Crippen LogP contribution in [0.15, 0.2) is 79.1 Å². The summed E-state index contributed by atoms with van der Waals surface area (Å²) in [4.78, 5) is 30.1. The number of piperidine rings is 3. The number of alkyl halides is 2. The number of benzene rings is 3. The van der Waals surface area contributed by atoms with Crippen molar-refractivity contribution in [3.63, 3.8) is 0 Å². The maximum atomic E-state index is 13.9. The van der Waals surface area contributed by atoms with Crippen LogP contribution in [0.3, 0.4) is 0 Å². The largest absolute Gasteiger partial charge is 0.619 e. The number of methoxy groups -OCH3 is 1. The van der Waals surface area contributed by atoms with Gasteiger partial charge in [-0.15, -0.1) is 0 Å². The number of nitrogens with one attached hydrogen (secondary N) is 1. The van der Waals surface area contributed by atoms with Crippen LogP contribution < -0.4 is 24.3 Å². The molecule has 1 N–H and O–H groups in total. The first-order valence-electron chi connectivity index (χ1n) is 18.9. The number of fused-ring (bicyclic) bond motifs is 3. The monoisotopic (exact) mass is 825 g/mol. The maximum absolute atomic E-state index is 13.9. The smallest absolute Gasteiger partial charge is 0.387 e. The Morgan fingerprint density at radius 2 is 1.70 bits per heavy atom. The highest BCUT2D eigenvalue weighted by Crippen LogP contribution is 2.38. The van der Waals surface area contributed by atoms with Crippen LogP contribution in [0.5, 0.6) is 17.2 Å². The van der Waals surface area contributed by atoms with Crippen LogP contribution in [-0.4, -0.2) is 62.9 Å². The van der Waals surface area contributed by atoms with E-state index in [-0.39, 0.29) is 46.2 Å². The van der Waals surface area contributed by atoms with Crippen molar-refractivity contribution >= 4 is 35.1 Å². The van der Waals surface area contributed by atoms with E-state index < -0.39 is 30.7 Å². The molecule has 8 rings (SSSR count). The number of esters is 2. The van der Waals surface area contributed by atoms with Gasteiger partial charge in [0.2, 0.25) is 0 Å². The van der Waals surface area contributed by atoms with Crippen molar-refractivity contribution in [1.29, 1.82) is 0 Å². The summed E-state index contributed by atoms with van der Waals surface area (Å²) in [6, 6.07) is 17.5. The third kappa shape index (κ3) is 10.3. The average Bonchev–Trinajstić information content (AvgIpc) is 4.04. The van der Waals surface area contributed by atoms with Gasteiger partial charge in [0.1, 0.15) is 34.0 Å². The van der Waals surface area contributed by atoms with Crippen molar-refractivity contribution in [3.05, 3.63) is 122 Å². The minimum absolute atomic E-state index is 0.0473. The van der Waals surface area contributed by atoms with Gasteiger partial charge in [0.15, 0.2) is 23.9 Å². The van der Waals surface area contributed by atoms with Gasteiger partial charge in [0.25, 0.3) is 0 Å². The number of ether oxygens (including phenoxy) is 5. The molecule has 2 unspecified atom stereocenters. The van der Waals surface area contributed by atoms with Crippen LogP contribution >= 0.6 is 23.2 Å². The summed E-state index contributed by atoms with van der Waals surface area (Å²) >= 11 is 12.9. The Balaban J connectivity index is 1.12. The van der Waals surface area contributed by atoms with Gasteiger partial charge in [-0.2, -0.15) is 13.5 Å². The van der Waals surface area contributed by atoms with Gasteiger partial charge < -0.3 is 28.9 Å². The van der Waals surface area contributed by atoms with E-state index in [9.17, 15) is 23.6 Å². The van der Waals surface area contributed by atoms with Gasteiger partial charge in [0, 0.05) is 30.6 Å². The maximum Gasteiger partial charge on any atom is 0.387 e. The summed E-state index contributed by atoms with van der Waals surface area (Å²) in [6.07, 6.45) is 4.87. The molecule has 11 nitrogen and oxygen atoms in total. The van der Waals surface area contributed by atoms with Gasteiger partial charge in [-0.25, -0.2) is 9.59 Å². The van der Waals surface area contributed by atoms with Gasteiger partial charge in [-0.05, 0) is 92.1 Å². The van der Waals surface area contributed by atoms with E-state index in [1.54, 1.807) is 31.4 Å². The number of carbonyl (C=O) groups is 2.